The molecule has 2 saturated carbocycles. The van der Waals surface area contributed by atoms with Gasteiger partial charge in [-0.2, -0.15) is 10.2 Å². The summed E-state index contributed by atoms with van der Waals surface area (Å²) in [5.41, 5.74) is 0. The first-order valence-corrected chi connectivity index (χ1v) is 7.18. The zero-order valence-corrected chi connectivity index (χ0v) is 9.94. The fraction of sp³-hybridized carbons (Fsp3) is 0.733. The molecule has 5 aliphatic carbocycles. The molecule has 0 spiro atoms. The van der Waals surface area contributed by atoms with Crippen molar-refractivity contribution in [2.24, 2.45) is 45.7 Å². The Labute approximate surface area is 102 Å². The summed E-state index contributed by atoms with van der Waals surface area (Å²) in [4.78, 5) is 0. The first-order valence-electron chi connectivity index (χ1n) is 7.18. The summed E-state index contributed by atoms with van der Waals surface area (Å²) < 4.78 is 0. The molecular weight excluding hydrogens is 208 g/mol. The van der Waals surface area contributed by atoms with Gasteiger partial charge < -0.3 is 0 Å². The third-order valence-electron chi connectivity index (χ3n) is 6.09. The lowest BCUT2D eigenvalue weighted by atomic mass is 9.50. The molecule has 2 aliphatic heterocycles. The van der Waals surface area contributed by atoms with Crippen LogP contribution >= 0.6 is 0 Å². The highest BCUT2D eigenvalue weighted by molar-refractivity contribution is 5.24. The fourth-order valence-electron chi connectivity index (χ4n) is 5.48. The highest BCUT2D eigenvalue weighted by atomic mass is 15.2. The third-order valence-corrected chi connectivity index (χ3v) is 6.09. The van der Waals surface area contributed by atoms with Crippen molar-refractivity contribution in [3.63, 3.8) is 0 Å². The smallest absolute Gasteiger partial charge is 0.0811 e. The molecule has 0 saturated heterocycles. The highest BCUT2D eigenvalue weighted by Crippen LogP contribution is 2.59. The lowest BCUT2D eigenvalue weighted by Gasteiger charge is -2.57. The predicted octanol–water partition coefficient (Wildman–Crippen LogP) is 3.22. The Morgan fingerprint density at radius 3 is 2.29 bits per heavy atom. The van der Waals surface area contributed by atoms with E-state index in [-0.39, 0.29) is 0 Å². The summed E-state index contributed by atoms with van der Waals surface area (Å²) in [5, 5.41) is 9.38. The van der Waals surface area contributed by atoms with Crippen LogP contribution in [0.5, 0.6) is 0 Å². The molecular formula is C15H18N2. The average molecular weight is 226 g/mol. The molecule has 0 aromatic heterocycles. The van der Waals surface area contributed by atoms with Crippen molar-refractivity contribution < 1.29 is 0 Å². The Bertz CT molecular complexity index is 450. The molecule has 0 unspecified atom stereocenters. The first-order chi connectivity index (χ1) is 8.43. The standard InChI is InChI=1S/C15H18N2/c1-2-10-11(3-1)15-13-9-6-4-8(5-7-9)12(13)14(10)16-17-15/h1-2,4,6,8-15H,3,5,7H2/t8-,9-,10+,11-,12-,13-,14+,15+/m0/s1. The average Bonchev–Trinajstić information content (AvgIpc) is 2.91. The van der Waals surface area contributed by atoms with E-state index in [1.54, 1.807) is 0 Å². The van der Waals surface area contributed by atoms with Crippen molar-refractivity contribution in [2.75, 3.05) is 0 Å². The van der Waals surface area contributed by atoms with Crippen LogP contribution in [0.1, 0.15) is 19.3 Å². The van der Waals surface area contributed by atoms with Crippen LogP contribution in [0.15, 0.2) is 34.5 Å². The molecule has 2 fully saturated rings. The van der Waals surface area contributed by atoms with E-state index >= 15 is 0 Å². The van der Waals surface area contributed by atoms with E-state index in [0.717, 1.165) is 35.5 Å². The van der Waals surface area contributed by atoms with Gasteiger partial charge in [-0.15, -0.1) is 0 Å². The molecule has 0 N–H and O–H groups in total. The summed E-state index contributed by atoms with van der Waals surface area (Å²) in [6, 6.07) is 1.06. The van der Waals surface area contributed by atoms with Gasteiger partial charge >= 0.3 is 0 Å². The van der Waals surface area contributed by atoms with Crippen molar-refractivity contribution in [1.82, 2.24) is 0 Å². The van der Waals surface area contributed by atoms with Gasteiger partial charge in [-0.05, 0) is 48.9 Å². The zero-order valence-electron chi connectivity index (χ0n) is 9.94. The van der Waals surface area contributed by atoms with Crippen molar-refractivity contribution >= 4 is 0 Å². The Balaban J connectivity index is 1.66. The van der Waals surface area contributed by atoms with Crippen LogP contribution in [0.3, 0.4) is 0 Å². The number of allylic oxidation sites excluding steroid dienone is 3. The summed E-state index contributed by atoms with van der Waals surface area (Å²) in [7, 11) is 0. The molecule has 17 heavy (non-hydrogen) atoms. The van der Waals surface area contributed by atoms with E-state index in [2.05, 4.69) is 29.4 Å². The number of hydrogen-bond donors (Lipinski definition) is 0. The molecule has 7 aliphatic rings. The van der Waals surface area contributed by atoms with Gasteiger partial charge in [0.25, 0.3) is 0 Å². The quantitative estimate of drug-likeness (QED) is 0.567. The number of rotatable bonds is 0. The van der Waals surface area contributed by atoms with Gasteiger partial charge in [0.1, 0.15) is 0 Å². The van der Waals surface area contributed by atoms with Gasteiger partial charge in [0.15, 0.2) is 0 Å². The summed E-state index contributed by atoms with van der Waals surface area (Å²) in [6.45, 7) is 0. The lowest BCUT2D eigenvalue weighted by molar-refractivity contribution is -0.0271. The van der Waals surface area contributed by atoms with Crippen LogP contribution < -0.4 is 0 Å². The Kier molecular flexibility index (Phi) is 1.55. The topological polar surface area (TPSA) is 24.7 Å². The Morgan fingerprint density at radius 2 is 1.53 bits per heavy atom. The first kappa shape index (κ1) is 9.07. The van der Waals surface area contributed by atoms with Crippen LogP contribution in [0.25, 0.3) is 0 Å². The summed E-state index contributed by atoms with van der Waals surface area (Å²) in [6.07, 6.45) is 13.9. The molecule has 2 nitrogen and oxygen atoms in total. The summed E-state index contributed by atoms with van der Waals surface area (Å²) in [5.74, 6) is 4.82. The molecule has 0 radical (unpaired) electrons. The molecule has 0 aromatic carbocycles. The molecule has 88 valence electrons. The van der Waals surface area contributed by atoms with E-state index in [1.165, 1.54) is 19.3 Å². The van der Waals surface area contributed by atoms with E-state index < -0.39 is 0 Å². The van der Waals surface area contributed by atoms with Crippen LogP contribution in [0, 0.1) is 35.5 Å². The zero-order chi connectivity index (χ0) is 11.0. The van der Waals surface area contributed by atoms with Crippen molar-refractivity contribution in [3.05, 3.63) is 24.3 Å². The Hall–Kier alpha value is -0.920. The predicted molar refractivity (Wildman–Crippen MR) is 65.5 cm³/mol. The second-order valence-electron chi connectivity index (χ2n) is 6.56. The SMILES string of the molecule is C1=C[C@@H]2[C@H](C1)[C@H]1N=N[C@H]2[C@@H]2[C@@H]1[C@H]1C=C[C@H]2CC1. The van der Waals surface area contributed by atoms with Crippen LogP contribution in [-0.2, 0) is 0 Å². The fourth-order valence-corrected chi connectivity index (χ4v) is 5.48. The van der Waals surface area contributed by atoms with Gasteiger partial charge in [0.2, 0.25) is 0 Å². The molecule has 2 heteroatoms. The lowest BCUT2D eigenvalue weighted by Crippen LogP contribution is -2.59. The number of nitrogens with zero attached hydrogens (tertiary/aromatic N) is 2. The molecule has 7 rings (SSSR count). The maximum atomic E-state index is 4.69. The van der Waals surface area contributed by atoms with E-state index in [4.69, 9.17) is 5.11 Å². The Morgan fingerprint density at radius 1 is 0.824 bits per heavy atom. The minimum atomic E-state index is 0.520. The number of fused-ring (bicyclic) bond motifs is 1. The molecule has 0 aromatic rings. The highest BCUT2D eigenvalue weighted by Gasteiger charge is 2.59. The van der Waals surface area contributed by atoms with E-state index in [1.807, 2.05) is 0 Å². The molecule has 4 bridgehead atoms. The van der Waals surface area contributed by atoms with Gasteiger partial charge in [0.05, 0.1) is 12.1 Å². The third kappa shape index (κ3) is 0.951. The maximum Gasteiger partial charge on any atom is 0.0811 e. The van der Waals surface area contributed by atoms with Crippen molar-refractivity contribution in [3.8, 4) is 0 Å². The van der Waals surface area contributed by atoms with Crippen LogP contribution in [0.4, 0.5) is 0 Å². The number of hydrogen-bond acceptors (Lipinski definition) is 2. The minimum absolute atomic E-state index is 0.520. The second-order valence-corrected chi connectivity index (χ2v) is 6.56. The van der Waals surface area contributed by atoms with Gasteiger partial charge in [-0.1, -0.05) is 24.3 Å². The van der Waals surface area contributed by atoms with Gasteiger partial charge in [-0.25, -0.2) is 0 Å². The van der Waals surface area contributed by atoms with Crippen LogP contribution in [-0.4, -0.2) is 12.1 Å². The maximum absolute atomic E-state index is 4.69. The van der Waals surface area contributed by atoms with Crippen LogP contribution in [0.2, 0.25) is 0 Å². The molecule has 2 heterocycles. The normalized spacial score (nSPS) is 60.7. The van der Waals surface area contributed by atoms with Crippen molar-refractivity contribution in [1.29, 1.82) is 0 Å². The summed E-state index contributed by atoms with van der Waals surface area (Å²) >= 11 is 0. The molecule has 8 atom stereocenters. The van der Waals surface area contributed by atoms with Gasteiger partial charge in [-0.3, -0.25) is 0 Å². The number of azo groups is 1. The molecule has 0 amide bonds. The monoisotopic (exact) mass is 226 g/mol. The van der Waals surface area contributed by atoms with Gasteiger partial charge in [0, 0.05) is 5.92 Å². The van der Waals surface area contributed by atoms with E-state index in [9.17, 15) is 0 Å². The van der Waals surface area contributed by atoms with Crippen molar-refractivity contribution in [2.45, 2.75) is 31.3 Å². The minimum Gasteiger partial charge on any atom is -0.190 e. The largest absolute Gasteiger partial charge is 0.190 e. The van der Waals surface area contributed by atoms with E-state index in [0.29, 0.717) is 12.1 Å². The second kappa shape index (κ2) is 2.90.